The zero-order valence-corrected chi connectivity index (χ0v) is 7.76. The molecule has 0 N–H and O–H groups in total. The molecule has 1 aromatic heterocycles. The largest absolute Gasteiger partial charge is 0.335 e. The third-order valence-electron chi connectivity index (χ3n) is 1.93. The third kappa shape index (κ3) is 1.82. The first-order valence-corrected chi connectivity index (χ1v) is 4.08. The average Bonchev–Trinajstić information content (AvgIpc) is 2.18. The van der Waals surface area contributed by atoms with Gasteiger partial charge in [0, 0.05) is 18.9 Å². The summed E-state index contributed by atoms with van der Waals surface area (Å²) in [5.41, 5.74) is 1.33. The maximum Gasteiger partial charge on any atom is 0.105 e. The van der Waals surface area contributed by atoms with Gasteiger partial charge in [-0.3, -0.25) is 0 Å². The molecule has 0 radical (unpaired) electrons. The SMILES string of the molecule is Cc1ncc(CC(C)C)n1C. The Labute approximate surface area is 68.3 Å². The fourth-order valence-electron chi connectivity index (χ4n) is 1.16. The predicted octanol–water partition coefficient (Wildman–Crippen LogP) is 1.93. The van der Waals surface area contributed by atoms with Crippen molar-refractivity contribution < 1.29 is 0 Å². The molecule has 0 aliphatic rings. The first-order chi connectivity index (χ1) is 5.11. The summed E-state index contributed by atoms with van der Waals surface area (Å²) in [7, 11) is 2.07. The third-order valence-corrected chi connectivity index (χ3v) is 1.93. The van der Waals surface area contributed by atoms with Gasteiger partial charge in [-0.25, -0.2) is 4.98 Å². The molecule has 0 saturated carbocycles. The maximum absolute atomic E-state index is 4.23. The van der Waals surface area contributed by atoms with Crippen molar-refractivity contribution in [2.45, 2.75) is 27.2 Å². The second-order valence-corrected chi connectivity index (χ2v) is 3.45. The minimum atomic E-state index is 0.713. The topological polar surface area (TPSA) is 17.8 Å². The molecule has 0 unspecified atom stereocenters. The van der Waals surface area contributed by atoms with Gasteiger partial charge in [0.05, 0.1) is 0 Å². The quantitative estimate of drug-likeness (QED) is 0.633. The fraction of sp³-hybridized carbons (Fsp3) is 0.667. The first kappa shape index (κ1) is 8.31. The van der Waals surface area contributed by atoms with Crippen molar-refractivity contribution in [3.63, 3.8) is 0 Å². The van der Waals surface area contributed by atoms with E-state index in [4.69, 9.17) is 0 Å². The Morgan fingerprint density at radius 1 is 1.55 bits per heavy atom. The van der Waals surface area contributed by atoms with Crippen LogP contribution in [0, 0.1) is 12.8 Å². The summed E-state index contributed by atoms with van der Waals surface area (Å²) < 4.78 is 2.15. The average molecular weight is 152 g/mol. The number of hydrogen-bond donors (Lipinski definition) is 0. The van der Waals surface area contributed by atoms with Crippen molar-refractivity contribution in [2.24, 2.45) is 13.0 Å². The van der Waals surface area contributed by atoms with Gasteiger partial charge in [0.15, 0.2) is 0 Å². The van der Waals surface area contributed by atoms with Crippen molar-refractivity contribution in [1.82, 2.24) is 9.55 Å². The second kappa shape index (κ2) is 3.07. The van der Waals surface area contributed by atoms with Gasteiger partial charge < -0.3 is 4.57 Å². The Bertz CT molecular complexity index is 236. The Morgan fingerprint density at radius 3 is 2.55 bits per heavy atom. The molecule has 62 valence electrons. The zero-order valence-electron chi connectivity index (χ0n) is 7.76. The lowest BCUT2D eigenvalue weighted by atomic mass is 10.1. The van der Waals surface area contributed by atoms with Crippen molar-refractivity contribution in [3.05, 3.63) is 17.7 Å². The lowest BCUT2D eigenvalue weighted by Gasteiger charge is -2.05. The van der Waals surface area contributed by atoms with Crippen LogP contribution in [-0.4, -0.2) is 9.55 Å². The molecule has 0 aromatic carbocycles. The number of aromatic nitrogens is 2. The van der Waals surface area contributed by atoms with E-state index < -0.39 is 0 Å². The van der Waals surface area contributed by atoms with E-state index in [1.165, 1.54) is 5.69 Å². The molecule has 0 aliphatic heterocycles. The van der Waals surface area contributed by atoms with E-state index in [1.54, 1.807) is 0 Å². The molecule has 0 bridgehead atoms. The van der Waals surface area contributed by atoms with Crippen LogP contribution in [0.15, 0.2) is 6.20 Å². The molecule has 1 aromatic rings. The standard InChI is InChI=1S/C9H16N2/c1-7(2)5-9-6-10-8(3)11(9)4/h6-7H,5H2,1-4H3. The molecule has 11 heavy (non-hydrogen) atoms. The minimum Gasteiger partial charge on any atom is -0.335 e. The first-order valence-electron chi connectivity index (χ1n) is 4.08. The van der Waals surface area contributed by atoms with Crippen molar-refractivity contribution in [3.8, 4) is 0 Å². The Morgan fingerprint density at radius 2 is 2.18 bits per heavy atom. The Hall–Kier alpha value is -0.790. The van der Waals surface area contributed by atoms with E-state index in [0.717, 1.165) is 12.2 Å². The number of imidazole rings is 1. The van der Waals surface area contributed by atoms with Crippen LogP contribution in [0.2, 0.25) is 0 Å². The summed E-state index contributed by atoms with van der Waals surface area (Å²) in [5.74, 6) is 1.81. The molecule has 2 nitrogen and oxygen atoms in total. The summed E-state index contributed by atoms with van der Waals surface area (Å²) in [6.45, 7) is 6.48. The summed E-state index contributed by atoms with van der Waals surface area (Å²) in [5, 5.41) is 0. The number of rotatable bonds is 2. The molecule has 1 rings (SSSR count). The number of aryl methyl sites for hydroxylation is 1. The highest BCUT2D eigenvalue weighted by atomic mass is 15.0. The van der Waals surface area contributed by atoms with E-state index in [-0.39, 0.29) is 0 Å². The van der Waals surface area contributed by atoms with Gasteiger partial charge in [0.2, 0.25) is 0 Å². The smallest absolute Gasteiger partial charge is 0.105 e. The summed E-state index contributed by atoms with van der Waals surface area (Å²) in [4.78, 5) is 4.23. The number of hydrogen-bond acceptors (Lipinski definition) is 1. The second-order valence-electron chi connectivity index (χ2n) is 3.45. The molecule has 0 fully saturated rings. The van der Waals surface area contributed by atoms with E-state index in [2.05, 4.69) is 30.4 Å². The molecule has 0 atom stereocenters. The Balaban J connectivity index is 2.79. The van der Waals surface area contributed by atoms with E-state index in [0.29, 0.717) is 5.92 Å². The van der Waals surface area contributed by atoms with Crippen LogP contribution in [0.5, 0.6) is 0 Å². The van der Waals surface area contributed by atoms with Gasteiger partial charge in [0.25, 0.3) is 0 Å². The van der Waals surface area contributed by atoms with Gasteiger partial charge in [-0.1, -0.05) is 13.8 Å². The van der Waals surface area contributed by atoms with E-state index >= 15 is 0 Å². The predicted molar refractivity (Wildman–Crippen MR) is 46.5 cm³/mol. The van der Waals surface area contributed by atoms with E-state index in [9.17, 15) is 0 Å². The van der Waals surface area contributed by atoms with E-state index in [1.807, 2.05) is 13.1 Å². The van der Waals surface area contributed by atoms with Crippen molar-refractivity contribution in [1.29, 1.82) is 0 Å². The van der Waals surface area contributed by atoms with Crippen LogP contribution in [0.25, 0.3) is 0 Å². The van der Waals surface area contributed by atoms with Crippen LogP contribution in [0.3, 0.4) is 0 Å². The normalized spacial score (nSPS) is 11.0. The molecular formula is C9H16N2. The molecular weight excluding hydrogens is 136 g/mol. The maximum atomic E-state index is 4.23. The van der Waals surface area contributed by atoms with Crippen molar-refractivity contribution in [2.75, 3.05) is 0 Å². The van der Waals surface area contributed by atoms with Gasteiger partial charge in [0.1, 0.15) is 5.82 Å². The zero-order chi connectivity index (χ0) is 8.43. The molecule has 1 heterocycles. The van der Waals surface area contributed by atoms with Gasteiger partial charge in [-0.15, -0.1) is 0 Å². The fourth-order valence-corrected chi connectivity index (χ4v) is 1.16. The summed E-state index contributed by atoms with van der Waals surface area (Å²) in [6, 6.07) is 0. The molecule has 0 amide bonds. The van der Waals surface area contributed by atoms with Crippen LogP contribution < -0.4 is 0 Å². The van der Waals surface area contributed by atoms with Crippen LogP contribution in [-0.2, 0) is 13.5 Å². The monoisotopic (exact) mass is 152 g/mol. The highest BCUT2D eigenvalue weighted by Crippen LogP contribution is 2.07. The number of nitrogens with zero attached hydrogens (tertiary/aromatic N) is 2. The minimum absolute atomic E-state index is 0.713. The molecule has 0 spiro atoms. The molecule has 2 heteroatoms. The van der Waals surface area contributed by atoms with Crippen LogP contribution >= 0.6 is 0 Å². The highest BCUT2D eigenvalue weighted by molar-refractivity contribution is 5.03. The van der Waals surface area contributed by atoms with Gasteiger partial charge in [-0.05, 0) is 19.3 Å². The van der Waals surface area contributed by atoms with Crippen LogP contribution in [0.4, 0.5) is 0 Å². The molecule has 0 aliphatic carbocycles. The lowest BCUT2D eigenvalue weighted by Crippen LogP contribution is -2.02. The summed E-state index contributed by atoms with van der Waals surface area (Å²) in [6.07, 6.45) is 3.09. The van der Waals surface area contributed by atoms with Gasteiger partial charge in [-0.2, -0.15) is 0 Å². The Kier molecular flexibility index (Phi) is 2.32. The lowest BCUT2D eigenvalue weighted by molar-refractivity contribution is 0.613. The molecule has 0 saturated heterocycles. The summed E-state index contributed by atoms with van der Waals surface area (Å²) >= 11 is 0. The van der Waals surface area contributed by atoms with Crippen LogP contribution in [0.1, 0.15) is 25.4 Å². The highest BCUT2D eigenvalue weighted by Gasteiger charge is 2.03. The van der Waals surface area contributed by atoms with Crippen molar-refractivity contribution >= 4 is 0 Å². The van der Waals surface area contributed by atoms with Gasteiger partial charge >= 0.3 is 0 Å².